The first-order valence-electron chi connectivity index (χ1n) is 4.46. The first kappa shape index (κ1) is 25.7. The molecular weight excluding hydrogens is 280 g/mol. The Morgan fingerprint density at radius 1 is 0.800 bits per heavy atom. The molecule has 0 rings (SSSR count). The fourth-order valence-electron chi connectivity index (χ4n) is 0.215. The van der Waals surface area contributed by atoms with Crippen molar-refractivity contribution in [1.82, 2.24) is 0 Å². The molecule has 0 aliphatic rings. The Morgan fingerprint density at radius 2 is 1.00 bits per heavy atom. The highest BCUT2D eigenvalue weighted by molar-refractivity contribution is 5.53. The molecule has 0 saturated carbocycles. The van der Waals surface area contributed by atoms with Gasteiger partial charge in [-0.25, -0.2) is 9.59 Å². The van der Waals surface area contributed by atoms with Crippen molar-refractivity contribution in [2.24, 2.45) is 0 Å². The molecule has 10 heteroatoms. The van der Waals surface area contributed by atoms with Gasteiger partial charge in [0.1, 0.15) is 13.2 Å². The van der Waals surface area contributed by atoms with E-state index in [1.165, 1.54) is 12.2 Å². The van der Waals surface area contributed by atoms with Crippen LogP contribution >= 0.6 is 0 Å². The van der Waals surface area contributed by atoms with Crippen molar-refractivity contribution in [2.75, 3.05) is 13.2 Å². The molecule has 116 valence electrons. The zero-order chi connectivity index (χ0) is 16.8. The van der Waals surface area contributed by atoms with E-state index in [9.17, 15) is 9.59 Å². The molecule has 0 aliphatic carbocycles. The molecule has 0 radical (unpaired) electrons. The molecule has 20 heavy (non-hydrogen) atoms. The van der Waals surface area contributed by atoms with E-state index >= 15 is 0 Å². The lowest BCUT2D eigenvalue weighted by atomic mass is 10.7. The topological polar surface area (TPSA) is 168 Å². The highest BCUT2D eigenvalue weighted by Crippen LogP contribution is 1.63. The standard InChI is InChI=1S/2C4H6O2.2CH2O3/c2*1-2-3-6-4-5;2*2-1(3)4/h2*2,4H,1,3H2;2*(H2,2,3,4). The number of hydrogen-bond donors (Lipinski definition) is 4. The second-order valence-electron chi connectivity index (χ2n) is 2.00. The summed E-state index contributed by atoms with van der Waals surface area (Å²) in [6, 6.07) is 0. The normalized spacial score (nSPS) is 6.40. The number of carbonyl (C=O) groups is 4. The monoisotopic (exact) mass is 296 g/mol. The van der Waals surface area contributed by atoms with E-state index in [0.717, 1.165) is 0 Å². The molecule has 0 spiro atoms. The molecule has 0 atom stereocenters. The summed E-state index contributed by atoms with van der Waals surface area (Å²) in [6.45, 7) is 8.03. The van der Waals surface area contributed by atoms with Gasteiger partial charge in [-0.2, -0.15) is 0 Å². The third-order valence-corrected chi connectivity index (χ3v) is 0.564. The smallest absolute Gasteiger partial charge is 0.464 e. The molecule has 0 fully saturated rings. The molecule has 0 heterocycles. The molecule has 0 aromatic carbocycles. The van der Waals surface area contributed by atoms with Crippen LogP contribution in [-0.2, 0) is 19.1 Å². The van der Waals surface area contributed by atoms with Crippen molar-refractivity contribution >= 4 is 25.3 Å². The first-order valence-corrected chi connectivity index (χ1v) is 4.46. The average molecular weight is 296 g/mol. The molecule has 0 amide bonds. The van der Waals surface area contributed by atoms with Crippen LogP contribution in [0.3, 0.4) is 0 Å². The zero-order valence-electron chi connectivity index (χ0n) is 10.4. The number of carboxylic acid groups (broad SMARTS) is 4. The van der Waals surface area contributed by atoms with Gasteiger partial charge in [0.2, 0.25) is 0 Å². The van der Waals surface area contributed by atoms with Crippen LogP contribution in [0, 0.1) is 0 Å². The third kappa shape index (κ3) is 333. The van der Waals surface area contributed by atoms with Gasteiger partial charge in [0.05, 0.1) is 0 Å². The predicted molar refractivity (Wildman–Crippen MR) is 65.7 cm³/mol. The summed E-state index contributed by atoms with van der Waals surface area (Å²) in [4.78, 5) is 35.7. The van der Waals surface area contributed by atoms with Gasteiger partial charge in [0.15, 0.2) is 0 Å². The molecule has 0 bridgehead atoms. The lowest BCUT2D eigenvalue weighted by Crippen LogP contribution is -1.83. The van der Waals surface area contributed by atoms with Crippen molar-refractivity contribution in [3.63, 3.8) is 0 Å². The molecule has 0 saturated heterocycles. The van der Waals surface area contributed by atoms with Crippen LogP contribution in [0.25, 0.3) is 0 Å². The minimum absolute atomic E-state index is 0.309. The minimum atomic E-state index is -1.83. The van der Waals surface area contributed by atoms with Gasteiger partial charge in [-0.05, 0) is 0 Å². The van der Waals surface area contributed by atoms with Gasteiger partial charge in [0, 0.05) is 0 Å². The summed E-state index contributed by atoms with van der Waals surface area (Å²) in [5.74, 6) is 0. The van der Waals surface area contributed by atoms with Crippen LogP contribution < -0.4 is 0 Å². The van der Waals surface area contributed by atoms with Crippen LogP contribution in [0.4, 0.5) is 9.59 Å². The summed E-state index contributed by atoms with van der Waals surface area (Å²) in [7, 11) is 0. The third-order valence-electron chi connectivity index (χ3n) is 0.564. The largest absolute Gasteiger partial charge is 0.503 e. The summed E-state index contributed by atoms with van der Waals surface area (Å²) in [6.07, 6.45) is -0.650. The Balaban J connectivity index is -0.0000000871. The van der Waals surface area contributed by atoms with Gasteiger partial charge in [-0.1, -0.05) is 25.3 Å². The van der Waals surface area contributed by atoms with Gasteiger partial charge in [0.25, 0.3) is 12.9 Å². The van der Waals surface area contributed by atoms with Crippen molar-refractivity contribution in [1.29, 1.82) is 0 Å². The van der Waals surface area contributed by atoms with Crippen LogP contribution in [-0.4, -0.2) is 58.9 Å². The van der Waals surface area contributed by atoms with Gasteiger partial charge >= 0.3 is 12.3 Å². The number of rotatable bonds is 6. The molecular formula is C10H16O10. The molecule has 0 unspecified atom stereocenters. The number of carbonyl (C=O) groups excluding carboxylic acids is 2. The molecule has 0 aromatic rings. The maximum atomic E-state index is 9.29. The van der Waals surface area contributed by atoms with Crippen molar-refractivity contribution < 1.29 is 49.1 Å². The van der Waals surface area contributed by atoms with E-state index in [1.807, 2.05) is 0 Å². The van der Waals surface area contributed by atoms with E-state index in [0.29, 0.717) is 26.2 Å². The number of ether oxygens (including phenoxy) is 2. The number of hydrogen-bond acceptors (Lipinski definition) is 6. The lowest BCUT2D eigenvalue weighted by molar-refractivity contribution is -0.128. The second-order valence-corrected chi connectivity index (χ2v) is 2.00. The fourth-order valence-corrected chi connectivity index (χ4v) is 0.215. The Morgan fingerprint density at radius 3 is 1.05 bits per heavy atom. The highest BCUT2D eigenvalue weighted by Gasteiger charge is 1.70. The van der Waals surface area contributed by atoms with Gasteiger partial charge in [-0.3, -0.25) is 9.59 Å². The lowest BCUT2D eigenvalue weighted by Gasteiger charge is -1.82. The highest BCUT2D eigenvalue weighted by atomic mass is 16.6. The molecule has 10 nitrogen and oxygen atoms in total. The SMILES string of the molecule is C=CCOC=O.C=CCOC=O.O=C(O)O.O=C(O)O. The van der Waals surface area contributed by atoms with Gasteiger partial charge < -0.3 is 29.9 Å². The average Bonchev–Trinajstić information content (AvgIpc) is 2.33. The molecule has 4 N–H and O–H groups in total. The quantitative estimate of drug-likeness (QED) is 0.316. The Kier molecular flexibility index (Phi) is 38.2. The van der Waals surface area contributed by atoms with E-state index in [1.54, 1.807) is 0 Å². The van der Waals surface area contributed by atoms with E-state index in [2.05, 4.69) is 22.6 Å². The minimum Gasteiger partial charge on any atom is -0.464 e. The maximum Gasteiger partial charge on any atom is 0.503 e. The molecule has 0 aromatic heterocycles. The van der Waals surface area contributed by atoms with E-state index in [4.69, 9.17) is 30.0 Å². The van der Waals surface area contributed by atoms with E-state index < -0.39 is 12.3 Å². The second kappa shape index (κ2) is 29.7. The first-order chi connectivity index (χ1) is 9.29. The summed E-state index contributed by atoms with van der Waals surface area (Å²) in [5, 5.41) is 27.9. The Labute approximate surface area is 114 Å². The van der Waals surface area contributed by atoms with Crippen LogP contribution in [0.1, 0.15) is 0 Å². The van der Waals surface area contributed by atoms with Crippen molar-refractivity contribution in [3.05, 3.63) is 25.3 Å². The Bertz CT molecular complexity index is 221. The Hall–Kier alpha value is -3.04. The van der Waals surface area contributed by atoms with Crippen molar-refractivity contribution in [3.8, 4) is 0 Å². The zero-order valence-corrected chi connectivity index (χ0v) is 10.4. The van der Waals surface area contributed by atoms with Crippen LogP contribution in [0.15, 0.2) is 25.3 Å². The summed E-state index contributed by atoms with van der Waals surface area (Å²) < 4.78 is 8.37. The summed E-state index contributed by atoms with van der Waals surface area (Å²) >= 11 is 0. The summed E-state index contributed by atoms with van der Waals surface area (Å²) in [5.41, 5.74) is 0. The maximum absolute atomic E-state index is 9.29. The fraction of sp³-hybridized carbons (Fsp3) is 0.200. The van der Waals surface area contributed by atoms with Gasteiger partial charge in [-0.15, -0.1) is 0 Å². The van der Waals surface area contributed by atoms with E-state index in [-0.39, 0.29) is 0 Å². The van der Waals surface area contributed by atoms with Crippen molar-refractivity contribution in [2.45, 2.75) is 0 Å². The van der Waals surface area contributed by atoms with Crippen LogP contribution in [0.2, 0.25) is 0 Å². The predicted octanol–water partition coefficient (Wildman–Crippen LogP) is 1.14. The molecule has 0 aliphatic heterocycles. The van der Waals surface area contributed by atoms with Crippen LogP contribution in [0.5, 0.6) is 0 Å².